The van der Waals surface area contributed by atoms with Gasteiger partial charge in [0, 0.05) is 17.4 Å². The van der Waals surface area contributed by atoms with E-state index in [0.29, 0.717) is 0 Å². The summed E-state index contributed by atoms with van der Waals surface area (Å²) in [6, 6.07) is 0. The van der Waals surface area contributed by atoms with Crippen molar-refractivity contribution in [3.05, 3.63) is 0 Å². The second kappa shape index (κ2) is 11.7. The van der Waals surface area contributed by atoms with Gasteiger partial charge in [0.1, 0.15) is 0 Å². The first-order chi connectivity index (χ1) is 4.54. The predicted molar refractivity (Wildman–Crippen MR) is 30.7 cm³/mol. The zero-order valence-electron chi connectivity index (χ0n) is 5.27. The fourth-order valence-electron chi connectivity index (χ4n) is 0. The van der Waals surface area contributed by atoms with Crippen molar-refractivity contribution in [3.8, 4) is 0 Å². The third-order valence-corrected chi connectivity index (χ3v) is 0.247. The van der Waals surface area contributed by atoms with Gasteiger partial charge in [0.25, 0.3) is 0 Å². The van der Waals surface area contributed by atoms with E-state index < -0.39 is 12.2 Å². The van der Waals surface area contributed by atoms with Gasteiger partial charge in [-0.1, -0.05) is 0 Å². The quantitative estimate of drug-likeness (QED) is 0.156. The van der Waals surface area contributed by atoms with Gasteiger partial charge < -0.3 is 10.2 Å². The third kappa shape index (κ3) is 49.1. The maximum absolute atomic E-state index is 9.13. The van der Waals surface area contributed by atoms with E-state index in [2.05, 4.69) is 11.7 Å². The second-order valence-corrected chi connectivity index (χ2v) is 0.899. The van der Waals surface area contributed by atoms with Crippen molar-refractivity contribution in [2.75, 3.05) is 0 Å². The van der Waals surface area contributed by atoms with Gasteiger partial charge in [-0.15, -0.1) is 0 Å². The average molecular weight is 204 g/mol. The molecule has 0 aromatic carbocycles. The molecule has 8 N–H and O–H groups in total. The Morgan fingerprint density at radius 3 is 1.09 bits per heavy atom. The fourth-order valence-corrected chi connectivity index (χ4v) is 0. The molecule has 0 unspecified atom stereocenters. The number of hydrogen-bond donors (Lipinski definition) is 6. The van der Waals surface area contributed by atoms with Crippen LogP contribution in [-0.4, -0.2) is 22.4 Å². The van der Waals surface area contributed by atoms with Crippen molar-refractivity contribution < 1.29 is 37.2 Å². The van der Waals surface area contributed by atoms with Crippen molar-refractivity contribution in [1.82, 2.24) is 10.9 Å². The first kappa shape index (κ1) is 16.5. The monoisotopic (exact) mass is 204 g/mol. The molecule has 11 heavy (non-hydrogen) atoms. The average Bonchev–Trinajstić information content (AvgIpc) is 1.89. The van der Waals surface area contributed by atoms with Gasteiger partial charge in [-0.2, -0.15) is 0 Å². The third-order valence-electron chi connectivity index (χ3n) is 0.247. The maximum Gasteiger partial charge on any atom is 0.418 e. The van der Waals surface area contributed by atoms with Gasteiger partial charge >= 0.3 is 12.2 Å². The van der Waals surface area contributed by atoms with Gasteiger partial charge in [0.05, 0.1) is 0 Å². The summed E-state index contributed by atoms with van der Waals surface area (Å²) in [7, 11) is 0. The van der Waals surface area contributed by atoms with Gasteiger partial charge in [0.2, 0.25) is 0 Å². The van der Waals surface area contributed by atoms with E-state index in [1.807, 2.05) is 0 Å². The molecule has 0 heterocycles. The van der Waals surface area contributed by atoms with Crippen LogP contribution in [0.2, 0.25) is 0 Å². The van der Waals surface area contributed by atoms with Crippen molar-refractivity contribution in [2.45, 2.75) is 0 Å². The molecular formula is C2H8CrN4O4. The summed E-state index contributed by atoms with van der Waals surface area (Å²) < 4.78 is 0. The molecule has 66 valence electrons. The summed E-state index contributed by atoms with van der Waals surface area (Å²) in [6.45, 7) is 0. The summed E-state index contributed by atoms with van der Waals surface area (Å²) in [5.41, 5.74) is 2.89. The molecular weight excluding hydrogens is 196 g/mol. The Morgan fingerprint density at radius 2 is 1.09 bits per heavy atom. The number of carbonyl (C=O) groups is 2. The molecule has 0 rings (SSSR count). The van der Waals surface area contributed by atoms with Crippen LogP contribution in [0.1, 0.15) is 0 Å². The van der Waals surface area contributed by atoms with Crippen molar-refractivity contribution in [2.24, 2.45) is 11.7 Å². The summed E-state index contributed by atoms with van der Waals surface area (Å²) in [5.74, 6) is 8.64. The van der Waals surface area contributed by atoms with E-state index in [0.717, 1.165) is 0 Å². The summed E-state index contributed by atoms with van der Waals surface area (Å²) in [4.78, 5) is 18.3. The van der Waals surface area contributed by atoms with Crippen LogP contribution in [0.15, 0.2) is 0 Å². The van der Waals surface area contributed by atoms with Crippen LogP contribution in [0.4, 0.5) is 9.59 Å². The standard InChI is InChI=1S/2CH4N2O2.Cr/c2*2-3-1(4)5;/h2*3H,2H2,(H,4,5);. The van der Waals surface area contributed by atoms with Crippen LogP contribution in [0.5, 0.6) is 0 Å². The Bertz CT molecular complexity index is 105. The van der Waals surface area contributed by atoms with Gasteiger partial charge in [-0.3, -0.25) is 10.9 Å². The van der Waals surface area contributed by atoms with Crippen LogP contribution in [-0.2, 0) is 17.4 Å². The SMILES string of the molecule is NNC(=O)O.NNC(=O)O.[Cr]. The molecule has 0 radical (unpaired) electrons. The number of hydrogen-bond acceptors (Lipinski definition) is 4. The van der Waals surface area contributed by atoms with Crippen LogP contribution < -0.4 is 22.5 Å². The van der Waals surface area contributed by atoms with E-state index in [1.165, 1.54) is 10.9 Å². The molecule has 0 fully saturated rings. The molecule has 0 aromatic rings. The molecule has 8 nitrogen and oxygen atoms in total. The van der Waals surface area contributed by atoms with Gasteiger partial charge in [0.15, 0.2) is 0 Å². The van der Waals surface area contributed by atoms with Gasteiger partial charge in [-0.25, -0.2) is 21.3 Å². The Labute approximate surface area is 72.6 Å². The number of carboxylic acid groups (broad SMARTS) is 2. The molecule has 0 saturated heterocycles. The van der Waals surface area contributed by atoms with Gasteiger partial charge in [-0.05, 0) is 0 Å². The normalized spacial score (nSPS) is 6.00. The van der Waals surface area contributed by atoms with Crippen LogP contribution in [0.25, 0.3) is 0 Å². The number of hydrazine groups is 2. The second-order valence-electron chi connectivity index (χ2n) is 0.899. The first-order valence-electron chi connectivity index (χ1n) is 1.93. The summed E-state index contributed by atoms with van der Waals surface area (Å²) in [5, 5.41) is 15.0. The molecule has 2 amide bonds. The van der Waals surface area contributed by atoms with Crippen molar-refractivity contribution in [3.63, 3.8) is 0 Å². The Hall–Kier alpha value is -1.01. The number of amides is 2. The molecule has 0 atom stereocenters. The van der Waals surface area contributed by atoms with Crippen LogP contribution >= 0.6 is 0 Å². The summed E-state index contributed by atoms with van der Waals surface area (Å²) in [6.07, 6.45) is -2.44. The van der Waals surface area contributed by atoms with Crippen molar-refractivity contribution in [1.29, 1.82) is 0 Å². The van der Waals surface area contributed by atoms with E-state index in [1.54, 1.807) is 0 Å². The minimum absolute atomic E-state index is 0. The minimum Gasteiger partial charge on any atom is -0.464 e. The van der Waals surface area contributed by atoms with E-state index >= 15 is 0 Å². The van der Waals surface area contributed by atoms with Crippen LogP contribution in [0.3, 0.4) is 0 Å². The Balaban J connectivity index is -0.000000107. The molecule has 0 bridgehead atoms. The van der Waals surface area contributed by atoms with Crippen molar-refractivity contribution >= 4 is 12.2 Å². The number of nitrogens with two attached hydrogens (primary N) is 2. The van der Waals surface area contributed by atoms with E-state index in [4.69, 9.17) is 19.8 Å². The zero-order chi connectivity index (χ0) is 8.57. The molecule has 9 heteroatoms. The smallest absolute Gasteiger partial charge is 0.418 e. The molecule has 0 aliphatic rings. The summed E-state index contributed by atoms with van der Waals surface area (Å²) >= 11 is 0. The molecule has 0 aliphatic heterocycles. The number of nitrogens with one attached hydrogen (secondary N) is 2. The maximum atomic E-state index is 9.13. The van der Waals surface area contributed by atoms with E-state index in [9.17, 15) is 0 Å². The number of rotatable bonds is 0. The first-order valence-corrected chi connectivity index (χ1v) is 1.93. The zero-order valence-corrected chi connectivity index (χ0v) is 6.55. The Morgan fingerprint density at radius 1 is 1.00 bits per heavy atom. The largest absolute Gasteiger partial charge is 0.464 e. The predicted octanol–water partition coefficient (Wildman–Crippen LogP) is -1.75. The fraction of sp³-hybridized carbons (Fsp3) is 0. The molecule has 0 spiro atoms. The van der Waals surface area contributed by atoms with Crippen LogP contribution in [0, 0.1) is 0 Å². The van der Waals surface area contributed by atoms with E-state index in [-0.39, 0.29) is 17.4 Å². The molecule has 0 aromatic heterocycles. The topological polar surface area (TPSA) is 151 Å². The molecule has 0 saturated carbocycles. The molecule has 0 aliphatic carbocycles. The minimum atomic E-state index is -1.22. The Kier molecular flexibility index (Phi) is 17.7.